The fourth-order valence-electron chi connectivity index (χ4n) is 3.75. The van der Waals surface area contributed by atoms with Gasteiger partial charge in [0.25, 0.3) is 0 Å². The number of ether oxygens (including phenoxy) is 1. The van der Waals surface area contributed by atoms with E-state index in [1.807, 2.05) is 0 Å². The highest BCUT2D eigenvalue weighted by Crippen LogP contribution is 2.66. The number of rotatable bonds is 9. The van der Waals surface area contributed by atoms with E-state index in [-0.39, 0.29) is 11.5 Å². The summed E-state index contributed by atoms with van der Waals surface area (Å²) in [4.78, 5) is 44.3. The number of nitrogens with two attached hydrogens (primary N) is 1. The number of aromatic amines is 1. The van der Waals surface area contributed by atoms with Gasteiger partial charge in [0.2, 0.25) is 0 Å². The minimum absolute atomic E-state index is 0.0933. The Morgan fingerprint density at radius 2 is 1.89 bits per heavy atom. The van der Waals surface area contributed by atoms with Gasteiger partial charge in [-0.1, -0.05) is 0 Å². The molecule has 1 saturated heterocycles. The first-order chi connectivity index (χ1) is 17.0. The van der Waals surface area contributed by atoms with E-state index >= 15 is 0 Å². The first kappa shape index (κ1) is 27.9. The number of H-pyrrole nitrogens is 1. The van der Waals surface area contributed by atoms with Crippen LogP contribution >= 0.6 is 23.5 Å². The quantitative estimate of drug-likeness (QED) is 0.150. The molecule has 4 heterocycles. The Bertz CT molecular complexity index is 1440. The third-order valence-corrected chi connectivity index (χ3v) is 9.06. The number of aliphatic hydroxyl groups is 2. The molecule has 0 aromatic carbocycles. The van der Waals surface area contributed by atoms with Crippen molar-refractivity contribution in [2.45, 2.75) is 31.0 Å². The largest absolute Gasteiger partial charge is 0.490 e. The van der Waals surface area contributed by atoms with Crippen molar-refractivity contribution in [1.29, 1.82) is 0 Å². The summed E-state index contributed by atoms with van der Waals surface area (Å²) < 4.78 is 53.1. The molecule has 6 atom stereocenters. The van der Waals surface area contributed by atoms with Gasteiger partial charge in [-0.05, 0) is 13.0 Å². The number of nitrogens with one attached hydrogen (secondary N) is 1. The number of aromatic nitrogens is 5. The van der Waals surface area contributed by atoms with Gasteiger partial charge in [-0.15, -0.1) is 0 Å². The standard InChI is InChI=1S/C15H21N6O13P3/c1-15(23)11(22)9(5-31-36(27,28)34-37(29,30)33-35(24,25)26)32-14(15)21-4-7(8-2-3-19-20-8)10-12(16)17-6-18-13(10)21/h2-4,6,9,11,14,22-23H,5H2,1H3,(H,19,20)(H,27,28)(H,29,30)(H2,16,17,18)(H2,24,25,26). The topological polar surface area (TPSA) is 295 Å². The van der Waals surface area contributed by atoms with Crippen molar-refractivity contribution in [3.05, 3.63) is 24.8 Å². The number of aliphatic hydroxyl groups excluding tert-OH is 1. The molecule has 37 heavy (non-hydrogen) atoms. The van der Waals surface area contributed by atoms with Crippen molar-refractivity contribution in [2.24, 2.45) is 0 Å². The molecule has 22 heteroatoms. The Labute approximate surface area is 206 Å². The van der Waals surface area contributed by atoms with Crippen molar-refractivity contribution in [2.75, 3.05) is 12.3 Å². The molecule has 6 unspecified atom stereocenters. The molecular weight excluding hydrogens is 565 g/mol. The molecule has 19 nitrogen and oxygen atoms in total. The molecule has 9 N–H and O–H groups in total. The first-order valence-electron chi connectivity index (χ1n) is 9.96. The molecule has 1 fully saturated rings. The third-order valence-electron chi connectivity index (χ3n) is 5.25. The predicted molar refractivity (Wildman–Crippen MR) is 120 cm³/mol. The van der Waals surface area contributed by atoms with Crippen LogP contribution in [0.2, 0.25) is 0 Å². The van der Waals surface area contributed by atoms with Crippen LogP contribution in [0.5, 0.6) is 0 Å². The van der Waals surface area contributed by atoms with Gasteiger partial charge in [0.1, 0.15) is 35.6 Å². The van der Waals surface area contributed by atoms with Crippen LogP contribution in [0.1, 0.15) is 13.2 Å². The summed E-state index contributed by atoms with van der Waals surface area (Å²) in [6.07, 6.45) is -0.486. The van der Waals surface area contributed by atoms with Crippen LogP contribution in [0.25, 0.3) is 22.3 Å². The summed E-state index contributed by atoms with van der Waals surface area (Å²) in [5.74, 6) is 0.0933. The molecular formula is C15H21N6O13P3. The lowest BCUT2D eigenvalue weighted by molar-refractivity contribution is -0.0946. The Balaban J connectivity index is 1.59. The van der Waals surface area contributed by atoms with Crippen LogP contribution < -0.4 is 5.73 Å². The lowest BCUT2D eigenvalue weighted by Gasteiger charge is -2.27. The Hall–Kier alpha value is -2.08. The zero-order chi connectivity index (χ0) is 27.4. The molecule has 0 spiro atoms. The minimum atomic E-state index is -5.74. The van der Waals surface area contributed by atoms with Crippen LogP contribution in [0.15, 0.2) is 24.8 Å². The van der Waals surface area contributed by atoms with Crippen molar-refractivity contribution in [3.8, 4) is 11.3 Å². The fourth-order valence-corrected chi connectivity index (χ4v) is 6.78. The number of nitrogens with zero attached hydrogens (tertiary/aromatic N) is 4. The summed E-state index contributed by atoms with van der Waals surface area (Å²) in [5, 5.41) is 28.7. The molecule has 3 aromatic rings. The number of nitrogen functional groups attached to an aromatic ring is 1. The Morgan fingerprint density at radius 1 is 1.19 bits per heavy atom. The predicted octanol–water partition coefficient (Wildman–Crippen LogP) is -0.244. The Morgan fingerprint density at radius 3 is 2.51 bits per heavy atom. The molecule has 1 aliphatic heterocycles. The average molecular weight is 586 g/mol. The maximum Gasteiger partial charge on any atom is 0.490 e. The normalized spacial score (nSPS) is 27.8. The van der Waals surface area contributed by atoms with Gasteiger partial charge in [0.05, 0.1) is 17.7 Å². The van der Waals surface area contributed by atoms with Crippen LogP contribution in [0.3, 0.4) is 0 Å². The third kappa shape index (κ3) is 5.84. The second kappa shape index (κ2) is 9.59. The van der Waals surface area contributed by atoms with Gasteiger partial charge in [0, 0.05) is 18.0 Å². The van der Waals surface area contributed by atoms with Crippen molar-refractivity contribution in [1.82, 2.24) is 24.7 Å². The zero-order valence-corrected chi connectivity index (χ0v) is 21.2. The van der Waals surface area contributed by atoms with Gasteiger partial charge in [0.15, 0.2) is 6.23 Å². The van der Waals surface area contributed by atoms with Crippen molar-refractivity contribution < 1.29 is 61.4 Å². The molecule has 3 aromatic heterocycles. The van der Waals surface area contributed by atoms with Crippen molar-refractivity contribution >= 4 is 40.3 Å². The second-order valence-electron chi connectivity index (χ2n) is 7.96. The van der Waals surface area contributed by atoms with E-state index in [1.165, 1.54) is 23.9 Å². The highest BCUT2D eigenvalue weighted by atomic mass is 31.3. The van der Waals surface area contributed by atoms with E-state index in [1.54, 1.807) is 6.07 Å². The van der Waals surface area contributed by atoms with Gasteiger partial charge in [-0.2, -0.15) is 13.7 Å². The lowest BCUT2D eigenvalue weighted by Crippen LogP contribution is -2.44. The van der Waals surface area contributed by atoms with Gasteiger partial charge in [-0.3, -0.25) is 9.62 Å². The van der Waals surface area contributed by atoms with Crippen LogP contribution in [0.4, 0.5) is 5.82 Å². The van der Waals surface area contributed by atoms with E-state index in [2.05, 4.69) is 33.3 Å². The molecule has 0 amide bonds. The van der Waals surface area contributed by atoms with Crippen LogP contribution in [0, 0.1) is 0 Å². The van der Waals surface area contributed by atoms with Crippen LogP contribution in [-0.4, -0.2) is 78.9 Å². The summed E-state index contributed by atoms with van der Waals surface area (Å²) >= 11 is 0. The fraction of sp³-hybridized carbons (Fsp3) is 0.400. The smallest absolute Gasteiger partial charge is 0.387 e. The van der Waals surface area contributed by atoms with Crippen LogP contribution in [-0.2, 0) is 31.6 Å². The summed E-state index contributed by atoms with van der Waals surface area (Å²) in [5.41, 5.74) is 5.18. The van der Waals surface area contributed by atoms with Gasteiger partial charge < -0.3 is 44.8 Å². The number of phosphoric ester groups is 1. The molecule has 0 radical (unpaired) electrons. The van der Waals surface area contributed by atoms with E-state index in [4.69, 9.17) is 20.3 Å². The lowest BCUT2D eigenvalue weighted by atomic mass is 9.96. The highest BCUT2D eigenvalue weighted by molar-refractivity contribution is 7.66. The number of hydrogen-bond acceptors (Lipinski definition) is 13. The molecule has 0 bridgehead atoms. The number of anilines is 1. The number of fused-ring (bicyclic) bond motifs is 1. The maximum absolute atomic E-state index is 12.0. The summed E-state index contributed by atoms with van der Waals surface area (Å²) in [6.45, 7) is 0.223. The van der Waals surface area contributed by atoms with E-state index in [0.717, 1.165) is 6.33 Å². The minimum Gasteiger partial charge on any atom is -0.387 e. The zero-order valence-electron chi connectivity index (χ0n) is 18.5. The number of hydrogen-bond donors (Lipinski definition) is 8. The molecule has 4 rings (SSSR count). The van der Waals surface area contributed by atoms with Gasteiger partial charge in [-0.25, -0.2) is 23.7 Å². The molecule has 1 aliphatic rings. The Kier molecular flexibility index (Phi) is 7.24. The first-order valence-corrected chi connectivity index (χ1v) is 14.5. The van der Waals surface area contributed by atoms with Crippen molar-refractivity contribution in [3.63, 3.8) is 0 Å². The monoisotopic (exact) mass is 586 g/mol. The second-order valence-corrected chi connectivity index (χ2v) is 12.4. The SMILES string of the molecule is CC1(O)C(O)C(COP(=O)(O)OP(=O)(O)OP(=O)(O)O)OC1n1cc(-c2ccn[nH]2)c2c(N)ncnc21. The van der Waals surface area contributed by atoms with E-state index in [9.17, 15) is 33.7 Å². The molecule has 204 valence electrons. The molecule has 0 aliphatic carbocycles. The average Bonchev–Trinajstić information content (AvgIpc) is 3.43. The summed E-state index contributed by atoms with van der Waals surface area (Å²) in [6, 6.07) is 1.64. The highest BCUT2D eigenvalue weighted by Gasteiger charge is 2.54. The maximum atomic E-state index is 12.0. The van der Waals surface area contributed by atoms with E-state index in [0.29, 0.717) is 16.6 Å². The summed E-state index contributed by atoms with van der Waals surface area (Å²) in [7, 11) is -16.8. The molecule has 0 saturated carbocycles. The number of phosphoric acid groups is 3. The van der Waals surface area contributed by atoms with Gasteiger partial charge >= 0.3 is 23.5 Å². The van der Waals surface area contributed by atoms with E-state index < -0.39 is 54.1 Å².